The second-order valence-corrected chi connectivity index (χ2v) is 12.0. The van der Waals surface area contributed by atoms with Gasteiger partial charge in [-0.15, -0.1) is 0 Å². The van der Waals surface area contributed by atoms with Crippen molar-refractivity contribution in [1.82, 2.24) is 20.9 Å². The summed E-state index contributed by atoms with van der Waals surface area (Å²) in [6.07, 6.45) is 2.48. The van der Waals surface area contributed by atoms with Crippen molar-refractivity contribution in [2.24, 2.45) is 0 Å². The van der Waals surface area contributed by atoms with Crippen LogP contribution in [-0.2, 0) is 40.3 Å². The summed E-state index contributed by atoms with van der Waals surface area (Å²) in [5.41, 5.74) is 3.55. The van der Waals surface area contributed by atoms with E-state index in [9.17, 15) is 23.2 Å². The number of halogens is 2. The fourth-order valence-corrected chi connectivity index (χ4v) is 5.51. The van der Waals surface area contributed by atoms with Gasteiger partial charge in [-0.2, -0.15) is 0 Å². The van der Waals surface area contributed by atoms with Crippen molar-refractivity contribution in [2.45, 2.75) is 91.0 Å². The number of hydrogen-bond acceptors (Lipinski definition) is 5. The molecule has 0 aliphatic heterocycles. The van der Waals surface area contributed by atoms with E-state index in [0.29, 0.717) is 38.2 Å². The Bertz CT molecular complexity index is 1410. The summed E-state index contributed by atoms with van der Waals surface area (Å²) < 4.78 is 33.5. The fraction of sp³-hybridized carbons (Fsp3) is 0.447. The molecule has 10 heteroatoms. The zero-order chi connectivity index (χ0) is 34.7. The van der Waals surface area contributed by atoms with Crippen LogP contribution in [0.15, 0.2) is 72.8 Å². The minimum atomic E-state index is -1.07. The van der Waals surface area contributed by atoms with Gasteiger partial charge in [-0.25, -0.2) is 13.6 Å². The highest BCUT2D eigenvalue weighted by Gasteiger charge is 2.26. The molecule has 3 aromatic rings. The van der Waals surface area contributed by atoms with Gasteiger partial charge in [-0.05, 0) is 79.5 Å². The van der Waals surface area contributed by atoms with Gasteiger partial charge in [0.15, 0.2) is 0 Å². The molecule has 0 fully saturated rings. The number of ether oxygens (including phenoxy) is 1. The molecular weight excluding hydrogens is 614 g/mol. The third kappa shape index (κ3) is 13.8. The Balaban J connectivity index is 1.73. The van der Waals surface area contributed by atoms with Crippen LogP contribution in [0.25, 0.3) is 0 Å². The number of rotatable bonds is 20. The van der Waals surface area contributed by atoms with Crippen LogP contribution in [0.3, 0.4) is 0 Å². The number of nitrogens with one attached hydrogen (secondary N) is 3. The molecule has 0 heterocycles. The Labute approximate surface area is 283 Å². The molecule has 0 aliphatic carbocycles. The number of hydrogen-bond donors (Lipinski definition) is 3. The number of nitrogens with zero attached hydrogens (tertiary/aromatic N) is 1. The average molecular weight is 665 g/mol. The zero-order valence-corrected chi connectivity index (χ0v) is 28.4. The third-order valence-corrected chi connectivity index (χ3v) is 7.96. The molecule has 3 N–H and O–H groups in total. The van der Waals surface area contributed by atoms with Crippen LogP contribution >= 0.6 is 0 Å². The molecule has 3 aromatic carbocycles. The van der Waals surface area contributed by atoms with E-state index < -0.39 is 35.7 Å². The summed E-state index contributed by atoms with van der Waals surface area (Å²) in [5.74, 6) is -2.01. The van der Waals surface area contributed by atoms with Gasteiger partial charge in [0.25, 0.3) is 0 Å². The van der Waals surface area contributed by atoms with E-state index in [0.717, 1.165) is 36.5 Å². The Morgan fingerprint density at radius 2 is 1.44 bits per heavy atom. The predicted octanol–water partition coefficient (Wildman–Crippen LogP) is 6.46. The largest absolute Gasteiger partial charge is 0.445 e. The van der Waals surface area contributed by atoms with Crippen LogP contribution < -0.4 is 16.0 Å². The van der Waals surface area contributed by atoms with Crippen molar-refractivity contribution < 1.29 is 27.9 Å². The Kier molecular flexibility index (Phi) is 16.5. The van der Waals surface area contributed by atoms with Crippen LogP contribution in [0.1, 0.15) is 75.1 Å². The van der Waals surface area contributed by atoms with Crippen molar-refractivity contribution in [3.05, 3.63) is 107 Å². The van der Waals surface area contributed by atoms with Crippen LogP contribution in [-0.4, -0.2) is 54.5 Å². The van der Waals surface area contributed by atoms with Gasteiger partial charge in [0.1, 0.15) is 24.3 Å². The maximum Gasteiger partial charge on any atom is 0.408 e. The molecule has 3 rings (SSSR count). The first kappa shape index (κ1) is 38.1. The highest BCUT2D eigenvalue weighted by atomic mass is 19.1. The fourth-order valence-electron chi connectivity index (χ4n) is 5.51. The topological polar surface area (TPSA) is 99.8 Å². The molecule has 0 saturated heterocycles. The Morgan fingerprint density at radius 3 is 2.10 bits per heavy atom. The summed E-state index contributed by atoms with van der Waals surface area (Å²) >= 11 is 0. The first-order valence-electron chi connectivity index (χ1n) is 17.0. The number of aryl methyl sites for hydroxylation is 1. The van der Waals surface area contributed by atoms with E-state index in [1.807, 2.05) is 56.3 Å². The molecule has 0 aliphatic rings. The third-order valence-electron chi connectivity index (χ3n) is 7.96. The van der Waals surface area contributed by atoms with Crippen molar-refractivity contribution >= 4 is 17.9 Å². The number of alkyl carbamates (subject to hydrolysis) is 1. The van der Waals surface area contributed by atoms with Crippen LogP contribution in [0, 0.1) is 11.6 Å². The maximum absolute atomic E-state index is 14.1. The molecule has 48 heavy (non-hydrogen) atoms. The van der Waals surface area contributed by atoms with E-state index in [2.05, 4.69) is 35.0 Å². The van der Waals surface area contributed by atoms with E-state index in [4.69, 9.17) is 4.74 Å². The lowest BCUT2D eigenvalue weighted by atomic mass is 10.0. The summed E-state index contributed by atoms with van der Waals surface area (Å²) in [4.78, 5) is 41.5. The van der Waals surface area contributed by atoms with Gasteiger partial charge in [-0.3, -0.25) is 9.59 Å². The van der Waals surface area contributed by atoms with E-state index in [1.165, 1.54) is 17.7 Å². The van der Waals surface area contributed by atoms with Gasteiger partial charge in [-0.1, -0.05) is 75.4 Å². The molecule has 8 nitrogen and oxygen atoms in total. The van der Waals surface area contributed by atoms with E-state index in [-0.39, 0.29) is 31.8 Å². The lowest BCUT2D eigenvalue weighted by molar-refractivity contribution is -0.131. The normalized spacial score (nSPS) is 12.2. The molecule has 0 bridgehead atoms. The standard InChI is InChI=1S/C38H50F2N4O4/c1-4-19-44(20-5-2)36(45)16-15-35(43-38(47)48-27-29-11-8-7-9-12-29)37(46)42-34(24-31-22-32(39)25-33(40)23-31)17-18-41-26-30-14-10-13-28(6-3)21-30/h7-14,21-23,25,34-35,41H,4-6,15-20,24,26-27H2,1-3H3,(H,42,46)(H,43,47)/t34-,35-/m1/s1. The number of carbonyl (C=O) groups excluding carboxylic acids is 3. The number of carbonyl (C=O) groups is 3. The average Bonchev–Trinajstić information content (AvgIpc) is 3.07. The summed E-state index contributed by atoms with van der Waals surface area (Å²) in [6.45, 7) is 8.46. The zero-order valence-electron chi connectivity index (χ0n) is 28.4. The molecular formula is C38H50F2N4O4. The molecule has 0 saturated carbocycles. The highest BCUT2D eigenvalue weighted by Crippen LogP contribution is 2.13. The Morgan fingerprint density at radius 1 is 0.771 bits per heavy atom. The van der Waals surface area contributed by atoms with Crippen molar-refractivity contribution in [3.8, 4) is 0 Å². The van der Waals surface area contributed by atoms with Gasteiger partial charge >= 0.3 is 6.09 Å². The summed E-state index contributed by atoms with van der Waals surface area (Å²) in [7, 11) is 0. The molecule has 260 valence electrons. The van der Waals surface area contributed by atoms with Crippen LogP contribution in [0.2, 0.25) is 0 Å². The first-order chi connectivity index (χ1) is 23.2. The van der Waals surface area contributed by atoms with Crippen LogP contribution in [0.5, 0.6) is 0 Å². The van der Waals surface area contributed by atoms with Crippen molar-refractivity contribution in [3.63, 3.8) is 0 Å². The lowest BCUT2D eigenvalue weighted by Crippen LogP contribution is -2.51. The summed E-state index contributed by atoms with van der Waals surface area (Å²) in [5, 5.41) is 9.03. The maximum atomic E-state index is 14.1. The molecule has 0 aromatic heterocycles. The second kappa shape index (κ2) is 20.8. The second-order valence-electron chi connectivity index (χ2n) is 12.0. The quantitative estimate of drug-likeness (QED) is 0.121. The monoisotopic (exact) mass is 664 g/mol. The minimum Gasteiger partial charge on any atom is -0.445 e. The molecule has 3 amide bonds. The Hall–Kier alpha value is -4.31. The number of amides is 3. The van der Waals surface area contributed by atoms with Crippen molar-refractivity contribution in [2.75, 3.05) is 19.6 Å². The van der Waals surface area contributed by atoms with Gasteiger partial charge < -0.3 is 25.6 Å². The first-order valence-corrected chi connectivity index (χ1v) is 17.0. The SMILES string of the molecule is CCCN(CCC)C(=O)CC[C@@H](NC(=O)OCc1ccccc1)C(=O)N[C@H](CCNCc1cccc(CC)c1)Cc1cc(F)cc(F)c1. The number of benzene rings is 3. The molecule has 0 spiro atoms. The van der Waals surface area contributed by atoms with E-state index in [1.54, 1.807) is 4.90 Å². The molecule has 2 atom stereocenters. The smallest absolute Gasteiger partial charge is 0.408 e. The minimum absolute atomic E-state index is 0.0152. The summed E-state index contributed by atoms with van der Waals surface area (Å²) in [6, 6.07) is 19.1. The van der Waals surface area contributed by atoms with E-state index >= 15 is 0 Å². The lowest BCUT2D eigenvalue weighted by Gasteiger charge is -2.25. The van der Waals surface area contributed by atoms with Gasteiger partial charge in [0, 0.05) is 38.2 Å². The van der Waals surface area contributed by atoms with Gasteiger partial charge in [0.2, 0.25) is 11.8 Å². The van der Waals surface area contributed by atoms with Crippen molar-refractivity contribution in [1.29, 1.82) is 0 Å². The molecule has 0 radical (unpaired) electrons. The van der Waals surface area contributed by atoms with Gasteiger partial charge in [0.05, 0.1) is 0 Å². The van der Waals surface area contributed by atoms with Crippen LogP contribution in [0.4, 0.5) is 13.6 Å². The predicted molar refractivity (Wildman–Crippen MR) is 184 cm³/mol. The molecule has 0 unspecified atom stereocenters. The highest BCUT2D eigenvalue weighted by molar-refractivity contribution is 5.86.